The third-order valence-electron chi connectivity index (χ3n) is 3.49. The van der Waals surface area contributed by atoms with Crippen molar-refractivity contribution in [2.24, 2.45) is 5.92 Å². The number of Topliss-reactive ketones (excluding diaryl/α,β-unsaturated/α-hetero) is 1. The van der Waals surface area contributed by atoms with Crippen LogP contribution in [0.2, 0.25) is 0 Å². The van der Waals surface area contributed by atoms with E-state index in [1.807, 2.05) is 12.1 Å². The van der Waals surface area contributed by atoms with E-state index in [1.54, 1.807) is 11.8 Å². The van der Waals surface area contributed by atoms with Gasteiger partial charge < -0.3 is 0 Å². The fraction of sp³-hybridized carbons (Fsp3) is 0.533. The Labute approximate surface area is 122 Å². The number of hydrogen-bond acceptors (Lipinski definition) is 2. The number of benzene rings is 1. The number of rotatable bonds is 4. The Hall–Kier alpha value is -0.280. The number of carbonyl (C=O) groups excluding carboxylic acids is 1. The van der Waals surface area contributed by atoms with Crippen molar-refractivity contribution in [3.63, 3.8) is 0 Å². The maximum Gasteiger partial charge on any atom is 0.146 e. The van der Waals surface area contributed by atoms with Gasteiger partial charge in [0, 0.05) is 15.3 Å². The molecule has 0 radical (unpaired) electrons. The summed E-state index contributed by atoms with van der Waals surface area (Å²) in [5.74, 6) is 1.40. The molecule has 1 aromatic carbocycles. The fourth-order valence-corrected chi connectivity index (χ4v) is 3.91. The van der Waals surface area contributed by atoms with Crippen LogP contribution in [0.5, 0.6) is 0 Å². The molecule has 0 N–H and O–H groups in total. The van der Waals surface area contributed by atoms with Crippen LogP contribution in [0.25, 0.3) is 0 Å². The predicted octanol–water partition coefficient (Wildman–Crippen LogP) is 5.08. The number of hydrogen-bond donors (Lipinski definition) is 0. The summed E-state index contributed by atoms with van der Waals surface area (Å²) < 4.78 is 1.08. The summed E-state index contributed by atoms with van der Waals surface area (Å²) in [7, 11) is 0. The van der Waals surface area contributed by atoms with Crippen LogP contribution < -0.4 is 0 Å². The Bertz CT molecular complexity index is 397. The highest BCUT2D eigenvalue weighted by atomic mass is 79.9. The second-order valence-corrected chi connectivity index (χ2v) is 6.87. The van der Waals surface area contributed by atoms with Gasteiger partial charge in [-0.25, -0.2) is 0 Å². The maximum atomic E-state index is 12.2. The minimum absolute atomic E-state index is 0.326. The molecule has 1 saturated carbocycles. The molecule has 0 amide bonds. The normalized spacial score (nSPS) is 17.4. The molecule has 0 saturated heterocycles. The van der Waals surface area contributed by atoms with Crippen molar-refractivity contribution in [1.29, 1.82) is 0 Å². The van der Waals surface area contributed by atoms with Crippen LogP contribution in [0.15, 0.2) is 33.6 Å². The highest BCUT2D eigenvalue weighted by Crippen LogP contribution is 2.27. The fourth-order valence-electron chi connectivity index (χ4n) is 2.43. The predicted molar refractivity (Wildman–Crippen MR) is 81.1 cm³/mol. The van der Waals surface area contributed by atoms with Gasteiger partial charge in [0.15, 0.2) is 0 Å². The zero-order chi connectivity index (χ0) is 12.8. The van der Waals surface area contributed by atoms with E-state index in [9.17, 15) is 4.79 Å². The molecular weight excluding hydrogens is 308 g/mol. The summed E-state index contributed by atoms with van der Waals surface area (Å²) in [6.07, 6.45) is 7.30. The molecular formula is C15H19BrOS. The van der Waals surface area contributed by atoms with E-state index in [4.69, 9.17) is 0 Å². The van der Waals surface area contributed by atoms with E-state index in [-0.39, 0.29) is 0 Å². The molecule has 0 spiro atoms. The minimum Gasteiger partial charge on any atom is -0.298 e. The number of ketones is 1. The largest absolute Gasteiger partial charge is 0.298 e. The molecule has 1 aliphatic carbocycles. The molecule has 0 unspecified atom stereocenters. The molecule has 98 valence electrons. The minimum atomic E-state index is 0.326. The topological polar surface area (TPSA) is 17.1 Å². The maximum absolute atomic E-state index is 12.2. The van der Waals surface area contributed by atoms with Crippen molar-refractivity contribution in [2.75, 3.05) is 5.75 Å². The summed E-state index contributed by atoms with van der Waals surface area (Å²) in [6, 6.07) is 8.17. The first-order valence-corrected chi connectivity index (χ1v) is 8.44. The van der Waals surface area contributed by atoms with Crippen LogP contribution in [0, 0.1) is 5.92 Å². The summed E-state index contributed by atoms with van der Waals surface area (Å²) in [5, 5.41) is 0. The van der Waals surface area contributed by atoms with Gasteiger partial charge in [0.25, 0.3) is 0 Å². The monoisotopic (exact) mass is 326 g/mol. The lowest BCUT2D eigenvalue weighted by molar-refractivity contribution is -0.120. The van der Waals surface area contributed by atoms with Crippen LogP contribution in [0.4, 0.5) is 0 Å². The first-order valence-electron chi connectivity index (χ1n) is 6.67. The van der Waals surface area contributed by atoms with Gasteiger partial charge in [0.05, 0.1) is 5.75 Å². The standard InChI is InChI=1S/C15H19BrOS/c16-13-8-5-9-14(10-13)18-11-15(17)12-6-3-1-2-4-7-12/h5,8-10,12H,1-4,6-7,11H2. The number of thioether (sulfide) groups is 1. The molecule has 1 fully saturated rings. The average molecular weight is 327 g/mol. The van der Waals surface area contributed by atoms with Crippen LogP contribution in [0.3, 0.4) is 0 Å². The number of carbonyl (C=O) groups is 1. The summed E-state index contributed by atoms with van der Waals surface area (Å²) in [4.78, 5) is 13.3. The Morgan fingerprint density at radius 3 is 2.61 bits per heavy atom. The molecule has 0 aliphatic heterocycles. The van der Waals surface area contributed by atoms with E-state index in [2.05, 4.69) is 28.1 Å². The van der Waals surface area contributed by atoms with E-state index < -0.39 is 0 Å². The highest BCUT2D eigenvalue weighted by molar-refractivity contribution is 9.10. The lowest BCUT2D eigenvalue weighted by Crippen LogP contribution is -2.15. The van der Waals surface area contributed by atoms with E-state index >= 15 is 0 Å². The molecule has 0 atom stereocenters. The smallest absolute Gasteiger partial charge is 0.146 e. The second kappa shape index (κ2) is 7.34. The molecule has 1 nitrogen and oxygen atoms in total. The Kier molecular flexibility index (Phi) is 5.77. The van der Waals surface area contributed by atoms with Gasteiger partial charge in [0.1, 0.15) is 5.78 Å². The van der Waals surface area contributed by atoms with Crippen LogP contribution in [-0.4, -0.2) is 11.5 Å². The van der Waals surface area contributed by atoms with Gasteiger partial charge in [-0.05, 0) is 31.0 Å². The van der Waals surface area contributed by atoms with Gasteiger partial charge in [-0.3, -0.25) is 4.79 Å². The second-order valence-electron chi connectivity index (χ2n) is 4.90. The van der Waals surface area contributed by atoms with Crippen LogP contribution in [-0.2, 0) is 4.79 Å². The third-order valence-corrected chi connectivity index (χ3v) is 5.00. The van der Waals surface area contributed by atoms with Crippen molar-refractivity contribution >= 4 is 33.5 Å². The van der Waals surface area contributed by atoms with Crippen molar-refractivity contribution in [3.8, 4) is 0 Å². The molecule has 3 heteroatoms. The van der Waals surface area contributed by atoms with Crippen molar-refractivity contribution in [2.45, 2.75) is 43.4 Å². The van der Waals surface area contributed by atoms with E-state index in [0.29, 0.717) is 17.5 Å². The summed E-state index contributed by atoms with van der Waals surface area (Å²) in [6.45, 7) is 0. The first-order chi connectivity index (χ1) is 8.75. The summed E-state index contributed by atoms with van der Waals surface area (Å²) >= 11 is 5.12. The molecule has 18 heavy (non-hydrogen) atoms. The van der Waals surface area contributed by atoms with Gasteiger partial charge in [-0.15, -0.1) is 11.8 Å². The van der Waals surface area contributed by atoms with Gasteiger partial charge in [-0.1, -0.05) is 47.7 Å². The lowest BCUT2D eigenvalue weighted by Gasteiger charge is -2.12. The molecule has 0 aromatic heterocycles. The Morgan fingerprint density at radius 1 is 1.22 bits per heavy atom. The quantitative estimate of drug-likeness (QED) is 0.566. The van der Waals surface area contributed by atoms with Gasteiger partial charge >= 0.3 is 0 Å². The lowest BCUT2D eigenvalue weighted by atomic mass is 9.96. The molecule has 1 aromatic rings. The Morgan fingerprint density at radius 2 is 1.94 bits per heavy atom. The van der Waals surface area contributed by atoms with E-state index in [1.165, 1.54) is 30.6 Å². The SMILES string of the molecule is O=C(CSc1cccc(Br)c1)C1CCCCCC1. The van der Waals surface area contributed by atoms with Crippen molar-refractivity contribution < 1.29 is 4.79 Å². The third kappa shape index (κ3) is 4.43. The van der Waals surface area contributed by atoms with Crippen molar-refractivity contribution in [1.82, 2.24) is 0 Å². The van der Waals surface area contributed by atoms with Crippen molar-refractivity contribution in [3.05, 3.63) is 28.7 Å². The molecule has 1 aliphatic rings. The molecule has 0 bridgehead atoms. The molecule has 0 heterocycles. The zero-order valence-corrected chi connectivity index (χ0v) is 12.9. The Balaban J connectivity index is 1.83. The molecule has 2 rings (SSSR count). The average Bonchev–Trinajstić information content (AvgIpc) is 2.65. The van der Waals surface area contributed by atoms with Gasteiger partial charge in [0.2, 0.25) is 0 Å². The van der Waals surface area contributed by atoms with Crippen LogP contribution in [0.1, 0.15) is 38.5 Å². The zero-order valence-electron chi connectivity index (χ0n) is 10.5. The number of halogens is 1. The van der Waals surface area contributed by atoms with Gasteiger partial charge in [-0.2, -0.15) is 0 Å². The first kappa shape index (κ1) is 14.1. The van der Waals surface area contributed by atoms with E-state index in [0.717, 1.165) is 17.3 Å². The highest BCUT2D eigenvalue weighted by Gasteiger charge is 2.19. The summed E-state index contributed by atoms with van der Waals surface area (Å²) in [5.41, 5.74) is 0. The van der Waals surface area contributed by atoms with Crippen LogP contribution >= 0.6 is 27.7 Å².